The van der Waals surface area contributed by atoms with Crippen LogP contribution in [-0.2, 0) is 9.53 Å². The molecule has 0 heterocycles. The van der Waals surface area contributed by atoms with Crippen LogP contribution in [0.15, 0.2) is 36.4 Å². The molecule has 110 valence electrons. The summed E-state index contributed by atoms with van der Waals surface area (Å²) in [4.78, 5) is 23.5. The number of hydrogen-bond donors (Lipinski definition) is 1. The van der Waals surface area contributed by atoms with Crippen LogP contribution in [0, 0.1) is 5.82 Å². The average molecular weight is 401 g/mol. The van der Waals surface area contributed by atoms with Crippen LogP contribution in [0.5, 0.6) is 0 Å². The first-order chi connectivity index (χ1) is 10.0. The molecule has 21 heavy (non-hydrogen) atoms. The average Bonchev–Trinajstić information content (AvgIpc) is 2.52. The Kier molecular flexibility index (Phi) is 5.11. The van der Waals surface area contributed by atoms with Crippen LogP contribution in [0.3, 0.4) is 0 Å². The van der Waals surface area contributed by atoms with Crippen molar-refractivity contribution in [2.24, 2.45) is 0 Å². The second-order valence-corrected chi connectivity index (χ2v) is 5.84. The van der Waals surface area contributed by atoms with E-state index >= 15 is 0 Å². The molecular weight excluding hydrogens is 388 g/mol. The molecule has 2 rings (SSSR count). The quantitative estimate of drug-likeness (QED) is 0.487. The van der Waals surface area contributed by atoms with Gasteiger partial charge in [0.2, 0.25) is 0 Å². The fraction of sp³-hybridized carbons (Fsp3) is 0.200. The van der Waals surface area contributed by atoms with Crippen molar-refractivity contribution in [2.75, 3.05) is 13.7 Å². The van der Waals surface area contributed by atoms with E-state index in [2.05, 4.69) is 10.1 Å². The maximum absolute atomic E-state index is 13.7. The number of amides is 1. The van der Waals surface area contributed by atoms with Gasteiger partial charge in [0.15, 0.2) is 0 Å². The van der Waals surface area contributed by atoms with Crippen molar-refractivity contribution in [2.45, 2.75) is 3.92 Å². The van der Waals surface area contributed by atoms with Gasteiger partial charge in [0.1, 0.15) is 9.74 Å². The summed E-state index contributed by atoms with van der Waals surface area (Å²) in [5, 5.41) is 3.59. The van der Waals surface area contributed by atoms with Gasteiger partial charge < -0.3 is 10.1 Å². The zero-order valence-corrected chi connectivity index (χ0v) is 13.4. The lowest BCUT2D eigenvalue weighted by atomic mass is 10.0. The summed E-state index contributed by atoms with van der Waals surface area (Å²) < 4.78 is 17.8. The van der Waals surface area contributed by atoms with Crippen LogP contribution in [0.4, 0.5) is 4.39 Å². The molecule has 0 aliphatic carbocycles. The van der Waals surface area contributed by atoms with Crippen molar-refractivity contribution in [3.63, 3.8) is 0 Å². The monoisotopic (exact) mass is 401 g/mol. The van der Waals surface area contributed by atoms with Crippen LogP contribution in [0.1, 0.15) is 10.4 Å². The largest absolute Gasteiger partial charge is 0.468 e. The Labute approximate surface area is 134 Å². The molecule has 1 N–H and O–H groups in total. The number of hydrogen-bond acceptors (Lipinski definition) is 3. The van der Waals surface area contributed by atoms with Gasteiger partial charge >= 0.3 is 5.97 Å². The molecule has 0 aromatic heterocycles. The Bertz CT molecular complexity index is 690. The third-order valence-corrected chi connectivity index (χ3v) is 3.96. The number of methoxy groups -OCH3 is 1. The number of carbonyl (C=O) groups is 2. The second kappa shape index (κ2) is 6.84. The Balaban J connectivity index is 2.21. The van der Waals surface area contributed by atoms with Gasteiger partial charge in [-0.2, -0.15) is 0 Å². The molecule has 0 saturated carbocycles. The number of alkyl halides is 1. The van der Waals surface area contributed by atoms with Crippen molar-refractivity contribution in [1.29, 1.82) is 0 Å². The summed E-state index contributed by atoms with van der Waals surface area (Å²) in [6, 6.07) is 9.47. The molecule has 0 radical (unpaired) electrons. The van der Waals surface area contributed by atoms with E-state index in [9.17, 15) is 14.0 Å². The molecule has 0 saturated heterocycles. The first kappa shape index (κ1) is 15.7. The van der Waals surface area contributed by atoms with Gasteiger partial charge in [0.05, 0.1) is 7.11 Å². The van der Waals surface area contributed by atoms with Crippen LogP contribution in [-0.4, -0.2) is 29.5 Å². The smallest absolute Gasteiger partial charge is 0.320 e. The Morgan fingerprint density at radius 3 is 2.57 bits per heavy atom. The molecule has 1 atom stereocenters. The summed E-state index contributed by atoms with van der Waals surface area (Å²) in [5.41, 5.74) is 0.375. The third-order valence-electron chi connectivity index (χ3n) is 3.01. The summed E-state index contributed by atoms with van der Waals surface area (Å²) >= 11 is 1.89. The van der Waals surface area contributed by atoms with E-state index in [-0.39, 0.29) is 18.3 Å². The number of ether oxygens (including phenoxy) is 1. The molecule has 4 nitrogen and oxygen atoms in total. The molecule has 1 unspecified atom stereocenters. The molecule has 0 aliphatic heterocycles. The highest BCUT2D eigenvalue weighted by atomic mass is 127. The lowest BCUT2D eigenvalue weighted by molar-refractivity contribution is -0.139. The van der Waals surface area contributed by atoms with E-state index in [0.29, 0.717) is 16.3 Å². The SMILES string of the molecule is COC(=O)C(I)CNC(=O)c1ccc(F)c2ccccc12. The van der Waals surface area contributed by atoms with Crippen LogP contribution < -0.4 is 5.32 Å². The van der Waals surface area contributed by atoms with Crippen molar-refractivity contribution in [1.82, 2.24) is 5.32 Å². The molecule has 0 bridgehead atoms. The molecule has 2 aromatic carbocycles. The molecule has 0 spiro atoms. The van der Waals surface area contributed by atoms with Gasteiger partial charge in [-0.25, -0.2) is 4.39 Å². The maximum Gasteiger partial charge on any atom is 0.320 e. The van der Waals surface area contributed by atoms with Gasteiger partial charge in [-0.05, 0) is 17.5 Å². The number of rotatable bonds is 4. The molecule has 0 aliphatic rings. The fourth-order valence-electron chi connectivity index (χ4n) is 1.95. The fourth-order valence-corrected chi connectivity index (χ4v) is 2.42. The number of carbonyl (C=O) groups excluding carboxylic acids is 2. The van der Waals surface area contributed by atoms with Gasteiger partial charge in [0, 0.05) is 17.5 Å². The van der Waals surface area contributed by atoms with Crippen LogP contribution in [0.25, 0.3) is 10.8 Å². The van der Waals surface area contributed by atoms with Gasteiger partial charge in [0.25, 0.3) is 5.91 Å². The molecule has 2 aromatic rings. The Morgan fingerprint density at radius 2 is 1.90 bits per heavy atom. The summed E-state index contributed by atoms with van der Waals surface area (Å²) in [7, 11) is 1.29. The van der Waals surface area contributed by atoms with E-state index in [1.807, 2.05) is 22.6 Å². The van der Waals surface area contributed by atoms with Crippen LogP contribution in [0.2, 0.25) is 0 Å². The summed E-state index contributed by atoms with van der Waals surface area (Å²) in [5.74, 6) is -1.12. The highest BCUT2D eigenvalue weighted by Crippen LogP contribution is 2.21. The minimum Gasteiger partial charge on any atom is -0.468 e. The molecule has 6 heteroatoms. The molecular formula is C15H13FINO3. The maximum atomic E-state index is 13.7. The predicted molar refractivity (Wildman–Crippen MR) is 86.1 cm³/mol. The minimum atomic E-state index is -0.469. The van der Waals surface area contributed by atoms with E-state index in [4.69, 9.17) is 0 Å². The highest BCUT2D eigenvalue weighted by Gasteiger charge is 2.18. The lowest BCUT2D eigenvalue weighted by Crippen LogP contribution is -2.33. The standard InChI is InChI=1S/C15H13FINO3/c1-21-15(20)13(17)8-18-14(19)11-6-7-12(16)10-5-3-2-4-9(10)11/h2-7,13H,8H2,1H3,(H,18,19). The summed E-state index contributed by atoms with van der Waals surface area (Å²) in [6.45, 7) is 0.151. The normalized spacial score (nSPS) is 12.0. The highest BCUT2D eigenvalue weighted by molar-refractivity contribution is 14.1. The Morgan fingerprint density at radius 1 is 1.24 bits per heavy atom. The van der Waals surface area contributed by atoms with E-state index in [0.717, 1.165) is 0 Å². The van der Waals surface area contributed by atoms with E-state index in [1.54, 1.807) is 24.3 Å². The first-order valence-corrected chi connectivity index (χ1v) is 7.46. The zero-order valence-electron chi connectivity index (χ0n) is 11.2. The lowest BCUT2D eigenvalue weighted by Gasteiger charge is -2.11. The minimum absolute atomic E-state index is 0.151. The number of halogens is 2. The predicted octanol–water partition coefficient (Wildman–Crippen LogP) is 2.69. The number of fused-ring (bicyclic) bond motifs is 1. The Hall–Kier alpha value is -1.70. The number of benzene rings is 2. The van der Waals surface area contributed by atoms with Crippen LogP contribution >= 0.6 is 22.6 Å². The van der Waals surface area contributed by atoms with E-state index in [1.165, 1.54) is 19.2 Å². The first-order valence-electron chi connectivity index (χ1n) is 6.22. The molecule has 1 amide bonds. The van der Waals surface area contributed by atoms with Crippen molar-refractivity contribution >= 4 is 45.2 Å². The van der Waals surface area contributed by atoms with Gasteiger partial charge in [-0.15, -0.1) is 0 Å². The van der Waals surface area contributed by atoms with Gasteiger partial charge in [-0.1, -0.05) is 46.9 Å². The molecule has 0 fully saturated rings. The van der Waals surface area contributed by atoms with Gasteiger partial charge in [-0.3, -0.25) is 9.59 Å². The number of esters is 1. The van der Waals surface area contributed by atoms with E-state index < -0.39 is 9.89 Å². The van der Waals surface area contributed by atoms with Crippen molar-refractivity contribution < 1.29 is 18.7 Å². The second-order valence-electron chi connectivity index (χ2n) is 4.34. The topological polar surface area (TPSA) is 55.4 Å². The van der Waals surface area contributed by atoms with Crippen molar-refractivity contribution in [3.05, 3.63) is 47.8 Å². The zero-order chi connectivity index (χ0) is 15.4. The third kappa shape index (κ3) is 3.49. The number of nitrogens with one attached hydrogen (secondary N) is 1. The summed E-state index contributed by atoms with van der Waals surface area (Å²) in [6.07, 6.45) is 0. The van der Waals surface area contributed by atoms with Crippen molar-refractivity contribution in [3.8, 4) is 0 Å².